The van der Waals surface area contributed by atoms with Crippen LogP contribution in [0.1, 0.15) is 12.0 Å². The smallest absolute Gasteiger partial charge is 0.408 e. The van der Waals surface area contributed by atoms with E-state index >= 15 is 0 Å². The molecule has 0 amide bonds. The molecule has 2 aromatic rings. The number of aryl methyl sites for hydroxylation is 2. The molecule has 5 heteroatoms. The summed E-state index contributed by atoms with van der Waals surface area (Å²) in [7, 11) is 1.64. The fourth-order valence-electron chi connectivity index (χ4n) is 1.73. The lowest BCUT2D eigenvalue weighted by atomic mass is 10.1. The third-order valence-electron chi connectivity index (χ3n) is 2.56. The second-order valence-corrected chi connectivity index (χ2v) is 4.15. The molecule has 1 heterocycles. The van der Waals surface area contributed by atoms with E-state index in [1.54, 1.807) is 7.05 Å². The Bertz CT molecular complexity index is 571. The van der Waals surface area contributed by atoms with Crippen molar-refractivity contribution in [2.45, 2.75) is 12.8 Å². The van der Waals surface area contributed by atoms with Gasteiger partial charge in [0.15, 0.2) is 5.58 Å². The molecule has 16 heavy (non-hydrogen) atoms. The third-order valence-corrected chi connectivity index (χ3v) is 2.85. The molecule has 0 spiro atoms. The molecule has 0 aliphatic carbocycles. The van der Waals surface area contributed by atoms with Crippen LogP contribution in [0.25, 0.3) is 11.1 Å². The molecule has 86 valence electrons. The minimum atomic E-state index is -0.395. The third kappa shape index (κ3) is 1.86. The quantitative estimate of drug-likeness (QED) is 0.888. The number of rotatable bonds is 3. The first-order valence-electron chi connectivity index (χ1n) is 5.11. The number of oxazole rings is 1. The maximum Gasteiger partial charge on any atom is 0.419 e. The van der Waals surface area contributed by atoms with Crippen LogP contribution < -0.4 is 11.5 Å². The van der Waals surface area contributed by atoms with E-state index in [0.29, 0.717) is 22.7 Å². The van der Waals surface area contributed by atoms with Crippen LogP contribution in [-0.4, -0.2) is 11.1 Å². The maximum absolute atomic E-state index is 11.3. The summed E-state index contributed by atoms with van der Waals surface area (Å²) in [6.07, 6.45) is 1.73. The van der Waals surface area contributed by atoms with E-state index in [1.807, 2.05) is 12.1 Å². The predicted molar refractivity (Wildman–Crippen MR) is 63.8 cm³/mol. The summed E-state index contributed by atoms with van der Waals surface area (Å²) in [6.45, 7) is 0.633. The van der Waals surface area contributed by atoms with Gasteiger partial charge in [-0.25, -0.2) is 4.79 Å². The highest BCUT2D eigenvalue weighted by molar-refractivity contribution is 6.35. The van der Waals surface area contributed by atoms with Gasteiger partial charge in [-0.2, -0.15) is 0 Å². The number of hydrogen-bond acceptors (Lipinski definition) is 3. The summed E-state index contributed by atoms with van der Waals surface area (Å²) in [5.41, 5.74) is 7.66. The van der Waals surface area contributed by atoms with E-state index in [4.69, 9.17) is 21.8 Å². The summed E-state index contributed by atoms with van der Waals surface area (Å²) in [5.74, 6) is -0.395. The minimum absolute atomic E-state index is 0.395. The molecular formula is C11H13ClN2O2. The Labute approximate surface area is 97.6 Å². The van der Waals surface area contributed by atoms with Crippen molar-refractivity contribution in [1.82, 2.24) is 4.57 Å². The van der Waals surface area contributed by atoms with Crippen molar-refractivity contribution in [3.05, 3.63) is 33.3 Å². The lowest BCUT2D eigenvalue weighted by Crippen LogP contribution is -2.08. The Morgan fingerprint density at radius 1 is 1.50 bits per heavy atom. The lowest BCUT2D eigenvalue weighted by molar-refractivity contribution is 0.528. The van der Waals surface area contributed by atoms with Gasteiger partial charge in [0.25, 0.3) is 0 Å². The largest absolute Gasteiger partial charge is 0.419 e. The lowest BCUT2D eigenvalue weighted by Gasteiger charge is -2.02. The van der Waals surface area contributed by atoms with Crippen LogP contribution >= 0.6 is 11.6 Å². The average Bonchev–Trinajstić information content (AvgIpc) is 2.52. The maximum atomic E-state index is 11.3. The van der Waals surface area contributed by atoms with Gasteiger partial charge in [0.1, 0.15) is 5.52 Å². The highest BCUT2D eigenvalue weighted by Gasteiger charge is 2.11. The molecule has 1 aromatic heterocycles. The molecule has 2 N–H and O–H groups in total. The number of hydrogen-bond donors (Lipinski definition) is 1. The van der Waals surface area contributed by atoms with Gasteiger partial charge in [-0.1, -0.05) is 11.6 Å². The van der Waals surface area contributed by atoms with E-state index in [-0.39, 0.29) is 0 Å². The summed E-state index contributed by atoms with van der Waals surface area (Å²) in [4.78, 5) is 11.3. The number of nitrogens with zero attached hydrogens (tertiary/aromatic N) is 1. The van der Waals surface area contributed by atoms with Gasteiger partial charge in [-0.15, -0.1) is 0 Å². The SMILES string of the molecule is Cn1c(=O)oc2cc(CCCN)cc(Cl)c21. The normalized spacial score (nSPS) is 11.2. The van der Waals surface area contributed by atoms with Crippen LogP contribution in [-0.2, 0) is 13.5 Å². The molecule has 0 fully saturated rings. The molecule has 0 saturated heterocycles. The van der Waals surface area contributed by atoms with Gasteiger partial charge in [0.2, 0.25) is 0 Å². The zero-order valence-electron chi connectivity index (χ0n) is 9.00. The summed E-state index contributed by atoms with van der Waals surface area (Å²) in [6, 6.07) is 3.70. The second kappa shape index (κ2) is 4.31. The monoisotopic (exact) mass is 240 g/mol. The van der Waals surface area contributed by atoms with Crippen LogP contribution in [0.4, 0.5) is 0 Å². The predicted octanol–water partition coefficient (Wildman–Crippen LogP) is 1.68. The molecule has 0 aliphatic heterocycles. The highest BCUT2D eigenvalue weighted by Crippen LogP contribution is 2.24. The molecular weight excluding hydrogens is 228 g/mol. The summed E-state index contributed by atoms with van der Waals surface area (Å²) in [5, 5.41) is 0.540. The van der Waals surface area contributed by atoms with Crippen molar-refractivity contribution in [3.63, 3.8) is 0 Å². The van der Waals surface area contributed by atoms with Gasteiger partial charge in [-0.05, 0) is 37.1 Å². The Balaban J connectivity index is 2.55. The fourth-order valence-corrected chi connectivity index (χ4v) is 2.09. The number of fused-ring (bicyclic) bond motifs is 1. The first kappa shape index (κ1) is 11.2. The van der Waals surface area contributed by atoms with Crippen molar-refractivity contribution in [3.8, 4) is 0 Å². The van der Waals surface area contributed by atoms with E-state index in [2.05, 4.69) is 0 Å². The van der Waals surface area contributed by atoms with Crippen LogP contribution in [0.2, 0.25) is 5.02 Å². The molecule has 0 saturated carbocycles. The van der Waals surface area contributed by atoms with Crippen LogP contribution in [0.15, 0.2) is 21.3 Å². The van der Waals surface area contributed by atoms with Crippen molar-refractivity contribution in [1.29, 1.82) is 0 Å². The average molecular weight is 241 g/mol. The second-order valence-electron chi connectivity index (χ2n) is 3.74. The standard InChI is InChI=1S/C11H13ClN2O2/c1-14-10-8(12)5-7(3-2-4-13)6-9(10)16-11(14)15/h5-6H,2-4,13H2,1H3. The number of benzene rings is 1. The van der Waals surface area contributed by atoms with E-state index < -0.39 is 5.76 Å². The Kier molecular flexibility index (Phi) is 3.03. The van der Waals surface area contributed by atoms with Gasteiger partial charge in [0.05, 0.1) is 5.02 Å². The molecule has 0 unspecified atom stereocenters. The van der Waals surface area contributed by atoms with Crippen LogP contribution in [0.5, 0.6) is 0 Å². The number of aromatic nitrogens is 1. The number of halogens is 1. The minimum Gasteiger partial charge on any atom is -0.408 e. The van der Waals surface area contributed by atoms with Crippen molar-refractivity contribution in [2.75, 3.05) is 6.54 Å². The van der Waals surface area contributed by atoms with E-state index in [1.165, 1.54) is 4.57 Å². The van der Waals surface area contributed by atoms with Gasteiger partial charge in [0, 0.05) is 7.05 Å². The van der Waals surface area contributed by atoms with Gasteiger partial charge < -0.3 is 10.2 Å². The highest BCUT2D eigenvalue weighted by atomic mass is 35.5. The molecule has 0 bridgehead atoms. The van der Waals surface area contributed by atoms with Crippen molar-refractivity contribution >= 4 is 22.7 Å². The van der Waals surface area contributed by atoms with Crippen molar-refractivity contribution < 1.29 is 4.42 Å². The zero-order valence-corrected chi connectivity index (χ0v) is 9.75. The van der Waals surface area contributed by atoms with Crippen LogP contribution in [0.3, 0.4) is 0 Å². The molecule has 1 aromatic carbocycles. The molecule has 0 atom stereocenters. The molecule has 0 radical (unpaired) electrons. The summed E-state index contributed by atoms with van der Waals surface area (Å²) >= 11 is 6.11. The van der Waals surface area contributed by atoms with Gasteiger partial charge in [-0.3, -0.25) is 4.57 Å². The molecule has 2 rings (SSSR count). The molecule has 4 nitrogen and oxygen atoms in total. The summed E-state index contributed by atoms with van der Waals surface area (Å²) < 4.78 is 6.50. The first-order valence-corrected chi connectivity index (χ1v) is 5.49. The van der Waals surface area contributed by atoms with Crippen LogP contribution in [0, 0.1) is 0 Å². The Morgan fingerprint density at radius 2 is 2.25 bits per heavy atom. The van der Waals surface area contributed by atoms with E-state index in [0.717, 1.165) is 18.4 Å². The Morgan fingerprint density at radius 3 is 2.94 bits per heavy atom. The zero-order chi connectivity index (χ0) is 11.7. The van der Waals surface area contributed by atoms with Gasteiger partial charge >= 0.3 is 5.76 Å². The Hall–Kier alpha value is -1.26. The first-order chi connectivity index (χ1) is 7.63. The van der Waals surface area contributed by atoms with Crippen molar-refractivity contribution in [2.24, 2.45) is 12.8 Å². The molecule has 0 aliphatic rings. The fraction of sp³-hybridized carbons (Fsp3) is 0.364. The topological polar surface area (TPSA) is 61.2 Å². The number of nitrogens with two attached hydrogens (primary N) is 1. The van der Waals surface area contributed by atoms with E-state index in [9.17, 15) is 4.79 Å².